The molecule has 1 N–H and O–H groups in total. The number of amidine groups is 1. The van der Waals surface area contributed by atoms with Crippen molar-refractivity contribution in [1.29, 1.82) is 5.41 Å². The summed E-state index contributed by atoms with van der Waals surface area (Å²) < 4.78 is 23.4. The van der Waals surface area contributed by atoms with Crippen LogP contribution in [0.4, 0.5) is 5.69 Å². The van der Waals surface area contributed by atoms with E-state index in [0.717, 1.165) is 5.69 Å². The van der Waals surface area contributed by atoms with Gasteiger partial charge in [-0.3, -0.25) is 5.41 Å². The summed E-state index contributed by atoms with van der Waals surface area (Å²) in [5.41, 5.74) is 0.719. The highest BCUT2D eigenvalue weighted by Crippen LogP contribution is 2.41. The number of nitrogens with one attached hydrogen (secondary N) is 1. The number of hydrogen-bond acceptors (Lipinski definition) is 4. The second kappa shape index (κ2) is 4.55. The van der Waals surface area contributed by atoms with Crippen LogP contribution in [0.2, 0.25) is 10.0 Å². The molecule has 0 aromatic heterocycles. The molecular weight excluding hydrogens is 327 g/mol. The minimum absolute atomic E-state index is 0.0630. The van der Waals surface area contributed by atoms with Gasteiger partial charge in [0.1, 0.15) is 0 Å². The van der Waals surface area contributed by atoms with Gasteiger partial charge in [-0.1, -0.05) is 35.0 Å². The average Bonchev–Trinajstić information content (AvgIpc) is 2.73. The Morgan fingerprint density at radius 2 is 2.00 bits per heavy atom. The first-order valence-electron chi connectivity index (χ1n) is 5.57. The third-order valence-electron chi connectivity index (χ3n) is 3.27. The summed E-state index contributed by atoms with van der Waals surface area (Å²) in [5.74, 6) is 0.232. The topological polar surface area (TPSA) is 61.2 Å². The van der Waals surface area contributed by atoms with Crippen molar-refractivity contribution in [3.63, 3.8) is 0 Å². The molecule has 0 unspecified atom stereocenters. The Balaban J connectivity index is 1.99. The number of benzene rings is 1. The van der Waals surface area contributed by atoms with Gasteiger partial charge in [0.15, 0.2) is 15.0 Å². The minimum Gasteiger partial charge on any atom is -0.316 e. The van der Waals surface area contributed by atoms with Crippen LogP contribution in [0, 0.1) is 5.41 Å². The molecule has 2 aliphatic rings. The smallest absolute Gasteiger partial charge is 0.161 e. The highest BCUT2D eigenvalue weighted by molar-refractivity contribution is 8.15. The maximum Gasteiger partial charge on any atom is 0.161 e. The molecule has 2 fully saturated rings. The number of fused-ring (bicyclic) bond motifs is 1. The quantitative estimate of drug-likeness (QED) is 0.856. The zero-order chi connectivity index (χ0) is 13.8. The zero-order valence-electron chi connectivity index (χ0n) is 9.64. The standard InChI is InChI=1S/C11H10Cl2N2O2S2/c12-7-2-1-6(3-8(7)13)15-9-4-19(16,17)5-10(9)18-11(15)14/h1-3,9-10,14H,4-5H2/t9-,10-/m0/s1. The fourth-order valence-electron chi connectivity index (χ4n) is 2.44. The van der Waals surface area contributed by atoms with Gasteiger partial charge in [0, 0.05) is 10.9 Å². The number of thioether (sulfide) groups is 1. The largest absolute Gasteiger partial charge is 0.316 e. The summed E-state index contributed by atoms with van der Waals surface area (Å²) in [4.78, 5) is 1.74. The van der Waals surface area contributed by atoms with E-state index in [-0.39, 0.29) is 22.8 Å². The monoisotopic (exact) mass is 336 g/mol. The van der Waals surface area contributed by atoms with Gasteiger partial charge < -0.3 is 4.90 Å². The molecule has 0 saturated carbocycles. The summed E-state index contributed by atoms with van der Waals surface area (Å²) in [5, 5.41) is 9.16. The first-order chi connectivity index (χ1) is 8.87. The van der Waals surface area contributed by atoms with Crippen LogP contribution in [0.3, 0.4) is 0 Å². The maximum atomic E-state index is 11.7. The van der Waals surface area contributed by atoms with Crippen molar-refractivity contribution in [3.8, 4) is 0 Å². The molecule has 2 heterocycles. The van der Waals surface area contributed by atoms with Crippen LogP contribution in [-0.2, 0) is 9.84 Å². The van der Waals surface area contributed by atoms with E-state index in [0.29, 0.717) is 15.2 Å². The normalized spacial score (nSPS) is 28.7. The zero-order valence-corrected chi connectivity index (χ0v) is 12.8. The van der Waals surface area contributed by atoms with Crippen molar-refractivity contribution in [2.24, 2.45) is 0 Å². The van der Waals surface area contributed by atoms with E-state index in [1.54, 1.807) is 23.1 Å². The lowest BCUT2D eigenvalue weighted by atomic mass is 10.2. The second-order valence-corrected chi connectivity index (χ2v) is 8.77. The Bertz CT molecular complexity index is 663. The summed E-state index contributed by atoms with van der Waals surface area (Å²) in [6, 6.07) is 4.91. The predicted octanol–water partition coefficient (Wildman–Crippen LogP) is 2.65. The molecule has 4 nitrogen and oxygen atoms in total. The summed E-state index contributed by atoms with van der Waals surface area (Å²) >= 11 is 13.2. The Morgan fingerprint density at radius 1 is 1.26 bits per heavy atom. The van der Waals surface area contributed by atoms with Gasteiger partial charge in [0.05, 0.1) is 27.6 Å². The van der Waals surface area contributed by atoms with Gasteiger partial charge in [0.2, 0.25) is 0 Å². The van der Waals surface area contributed by atoms with Crippen molar-refractivity contribution in [2.45, 2.75) is 11.3 Å². The molecule has 0 spiro atoms. The maximum absolute atomic E-state index is 11.7. The molecule has 2 atom stereocenters. The number of sulfone groups is 1. The molecule has 8 heteroatoms. The molecule has 102 valence electrons. The van der Waals surface area contributed by atoms with Gasteiger partial charge in [-0.05, 0) is 18.2 Å². The Hall–Kier alpha value is -0.430. The van der Waals surface area contributed by atoms with Crippen molar-refractivity contribution >= 4 is 55.7 Å². The minimum atomic E-state index is -3.01. The molecule has 0 aliphatic carbocycles. The molecule has 2 aliphatic heterocycles. The van der Waals surface area contributed by atoms with Gasteiger partial charge >= 0.3 is 0 Å². The second-order valence-electron chi connectivity index (χ2n) is 4.57. The van der Waals surface area contributed by atoms with Gasteiger partial charge in [-0.15, -0.1) is 0 Å². The Labute approximate surface area is 125 Å². The van der Waals surface area contributed by atoms with Crippen molar-refractivity contribution < 1.29 is 8.42 Å². The number of halogens is 2. The Kier molecular flexibility index (Phi) is 3.24. The average molecular weight is 337 g/mol. The van der Waals surface area contributed by atoms with Crippen LogP contribution in [0.25, 0.3) is 0 Å². The lowest BCUT2D eigenvalue weighted by molar-refractivity contribution is 0.601. The van der Waals surface area contributed by atoms with Gasteiger partial charge in [-0.2, -0.15) is 0 Å². The first kappa shape index (κ1) is 13.5. The SMILES string of the molecule is N=C1S[C@H]2CS(=O)(=O)C[C@@H]2N1c1ccc(Cl)c(Cl)c1. The van der Waals surface area contributed by atoms with E-state index in [4.69, 9.17) is 28.6 Å². The third kappa shape index (κ3) is 2.35. The predicted molar refractivity (Wildman–Crippen MR) is 80.5 cm³/mol. The van der Waals surface area contributed by atoms with Crippen LogP contribution in [-0.4, -0.2) is 36.4 Å². The molecule has 0 bridgehead atoms. The van der Waals surface area contributed by atoms with E-state index in [2.05, 4.69) is 0 Å². The van der Waals surface area contributed by atoms with Crippen molar-refractivity contribution in [3.05, 3.63) is 28.2 Å². The lowest BCUT2D eigenvalue weighted by Crippen LogP contribution is -2.37. The lowest BCUT2D eigenvalue weighted by Gasteiger charge is -2.24. The summed E-state index contributed by atoms with van der Waals surface area (Å²) in [7, 11) is -3.01. The van der Waals surface area contributed by atoms with Gasteiger partial charge in [-0.25, -0.2) is 8.42 Å². The number of rotatable bonds is 1. The first-order valence-corrected chi connectivity index (χ1v) is 9.03. The number of hydrogen-bond donors (Lipinski definition) is 1. The number of nitrogens with zero attached hydrogens (tertiary/aromatic N) is 1. The molecular formula is C11H10Cl2N2O2S2. The van der Waals surface area contributed by atoms with Crippen LogP contribution in [0.15, 0.2) is 18.2 Å². The van der Waals surface area contributed by atoms with Crippen LogP contribution >= 0.6 is 35.0 Å². The molecule has 2 saturated heterocycles. The molecule has 1 aromatic carbocycles. The van der Waals surface area contributed by atoms with Crippen LogP contribution in [0.5, 0.6) is 0 Å². The molecule has 0 radical (unpaired) electrons. The van der Waals surface area contributed by atoms with Crippen LogP contribution in [0.1, 0.15) is 0 Å². The van der Waals surface area contributed by atoms with Crippen LogP contribution < -0.4 is 4.90 Å². The highest BCUT2D eigenvalue weighted by Gasteiger charge is 2.48. The van der Waals surface area contributed by atoms with Crippen molar-refractivity contribution in [2.75, 3.05) is 16.4 Å². The third-order valence-corrected chi connectivity index (χ3v) is 7.14. The fraction of sp³-hybridized carbons (Fsp3) is 0.364. The molecule has 1 aromatic rings. The van der Waals surface area contributed by atoms with E-state index >= 15 is 0 Å². The summed E-state index contributed by atoms with van der Waals surface area (Å²) in [6.07, 6.45) is 0. The van der Waals surface area contributed by atoms with Crippen molar-refractivity contribution in [1.82, 2.24) is 0 Å². The van der Waals surface area contributed by atoms with E-state index in [1.807, 2.05) is 0 Å². The molecule has 0 amide bonds. The molecule has 3 rings (SSSR count). The van der Waals surface area contributed by atoms with Gasteiger partial charge in [0.25, 0.3) is 0 Å². The molecule has 19 heavy (non-hydrogen) atoms. The van der Waals surface area contributed by atoms with E-state index in [9.17, 15) is 8.42 Å². The highest BCUT2D eigenvalue weighted by atomic mass is 35.5. The fourth-order valence-corrected chi connectivity index (χ4v) is 6.53. The van der Waals surface area contributed by atoms with E-state index < -0.39 is 9.84 Å². The summed E-state index contributed by atoms with van der Waals surface area (Å²) in [6.45, 7) is 0. The number of anilines is 1. The van der Waals surface area contributed by atoms with E-state index in [1.165, 1.54) is 11.8 Å². The Morgan fingerprint density at radius 3 is 2.68 bits per heavy atom.